The summed E-state index contributed by atoms with van der Waals surface area (Å²) in [6.07, 6.45) is 7.36. The highest BCUT2D eigenvalue weighted by molar-refractivity contribution is 6.30. The quantitative estimate of drug-likeness (QED) is 0.479. The maximum absolute atomic E-state index is 13.6. The Hall–Kier alpha value is -3.60. The van der Waals surface area contributed by atoms with Crippen molar-refractivity contribution in [2.75, 3.05) is 0 Å². The Bertz CT molecular complexity index is 1350. The van der Waals surface area contributed by atoms with Gasteiger partial charge in [0.1, 0.15) is 11.6 Å². The number of para-hydroxylation sites is 1. The van der Waals surface area contributed by atoms with Gasteiger partial charge in [0.05, 0.1) is 11.1 Å². The molecule has 0 N–H and O–H groups in total. The molecule has 4 nitrogen and oxygen atoms in total. The minimum Gasteiger partial charge on any atom is -0.330 e. The summed E-state index contributed by atoms with van der Waals surface area (Å²) in [5, 5.41) is 1.15. The van der Waals surface area contributed by atoms with Crippen molar-refractivity contribution in [2.24, 2.45) is 5.92 Å². The number of carbonyl (C=O) groups excluding carboxylic acids is 1. The Morgan fingerprint density at radius 3 is 2.80 bits per heavy atom. The minimum atomic E-state index is -0.272. The van der Waals surface area contributed by atoms with Crippen molar-refractivity contribution in [1.82, 2.24) is 9.55 Å². The lowest BCUT2D eigenvalue weighted by molar-refractivity contribution is -0.551. The van der Waals surface area contributed by atoms with Crippen LogP contribution < -0.4 is 4.57 Å². The fourth-order valence-corrected chi connectivity index (χ4v) is 4.87. The molecule has 2 aliphatic rings. The maximum Gasteiger partial charge on any atom is 0.226 e. The van der Waals surface area contributed by atoms with Gasteiger partial charge in [0.15, 0.2) is 17.7 Å². The number of allylic oxidation sites excluding steroid dienone is 2. The molecule has 0 spiro atoms. The van der Waals surface area contributed by atoms with Crippen LogP contribution in [-0.4, -0.2) is 15.3 Å². The number of aromatic nitrogens is 3. The van der Waals surface area contributed by atoms with Gasteiger partial charge in [-0.25, -0.2) is 9.37 Å². The summed E-state index contributed by atoms with van der Waals surface area (Å²) in [5.74, 6) is 0.577. The van der Waals surface area contributed by atoms with Crippen LogP contribution in [0, 0.1) is 11.7 Å². The third-order valence-electron chi connectivity index (χ3n) is 6.25. The summed E-state index contributed by atoms with van der Waals surface area (Å²) in [7, 11) is 0. The molecule has 6 rings (SSSR count). The molecular formula is C25H19FN3O+. The number of halogens is 1. The van der Waals surface area contributed by atoms with Crippen LogP contribution in [-0.2, 0) is 11.3 Å². The number of carbonyl (C=O) groups is 1. The molecule has 30 heavy (non-hydrogen) atoms. The van der Waals surface area contributed by atoms with Gasteiger partial charge in [-0.05, 0) is 48.9 Å². The van der Waals surface area contributed by atoms with Gasteiger partial charge >= 0.3 is 0 Å². The Balaban J connectivity index is 1.35. The second kappa shape index (κ2) is 6.46. The molecule has 1 atom stereocenters. The highest BCUT2D eigenvalue weighted by Gasteiger charge is 2.42. The Morgan fingerprint density at radius 1 is 1.10 bits per heavy atom. The van der Waals surface area contributed by atoms with Gasteiger partial charge in [-0.1, -0.05) is 6.07 Å². The van der Waals surface area contributed by atoms with Crippen LogP contribution >= 0.6 is 0 Å². The van der Waals surface area contributed by atoms with Crippen molar-refractivity contribution in [1.29, 1.82) is 0 Å². The van der Waals surface area contributed by atoms with Crippen molar-refractivity contribution >= 4 is 28.0 Å². The molecule has 0 amide bonds. The number of fused-ring (bicyclic) bond motifs is 2. The molecule has 2 aromatic heterocycles. The number of nitrogens with zero attached hydrogens (tertiary/aromatic N) is 3. The van der Waals surface area contributed by atoms with Crippen molar-refractivity contribution in [2.45, 2.75) is 19.4 Å². The maximum atomic E-state index is 13.6. The summed E-state index contributed by atoms with van der Waals surface area (Å²) in [5.41, 5.74) is 5.01. The summed E-state index contributed by atoms with van der Waals surface area (Å²) in [6.45, 7) is 0.569. The smallest absolute Gasteiger partial charge is 0.226 e. The molecule has 2 aromatic carbocycles. The SMILES string of the molecule is O=C1C2=C(CC[C@@H]1Cn1ccnc1-c1ccc(F)cc1)[n+]1cccc3cccc2c31. The molecule has 4 aromatic rings. The average Bonchev–Trinajstić information content (AvgIpc) is 3.36. The van der Waals surface area contributed by atoms with Crippen LogP contribution in [0.1, 0.15) is 18.4 Å². The van der Waals surface area contributed by atoms with E-state index in [9.17, 15) is 9.18 Å². The molecule has 0 fully saturated rings. The van der Waals surface area contributed by atoms with E-state index >= 15 is 0 Å². The van der Waals surface area contributed by atoms with Crippen LogP contribution in [0.3, 0.4) is 0 Å². The first-order valence-electron chi connectivity index (χ1n) is 10.2. The van der Waals surface area contributed by atoms with Crippen LogP contribution in [0.4, 0.5) is 4.39 Å². The lowest BCUT2D eigenvalue weighted by Crippen LogP contribution is -2.34. The minimum absolute atomic E-state index is 0.109. The number of benzene rings is 2. The summed E-state index contributed by atoms with van der Waals surface area (Å²) in [4.78, 5) is 18.0. The lowest BCUT2D eigenvalue weighted by Gasteiger charge is -2.21. The first kappa shape index (κ1) is 17.3. The fraction of sp³-hybridized carbons (Fsp3) is 0.160. The van der Waals surface area contributed by atoms with Crippen LogP contribution in [0.2, 0.25) is 0 Å². The van der Waals surface area contributed by atoms with E-state index < -0.39 is 0 Å². The van der Waals surface area contributed by atoms with E-state index in [0.29, 0.717) is 6.54 Å². The second-order valence-corrected chi connectivity index (χ2v) is 7.95. The summed E-state index contributed by atoms with van der Waals surface area (Å²) >= 11 is 0. The number of Topliss-reactive ketones (excluding diaryl/α,β-unsaturated/α-hetero) is 1. The molecular weight excluding hydrogens is 377 g/mol. The molecule has 0 unspecified atom stereocenters. The number of rotatable bonds is 3. The number of imidazole rings is 1. The third kappa shape index (κ3) is 2.48. The molecule has 5 heteroatoms. The largest absolute Gasteiger partial charge is 0.330 e. The predicted molar refractivity (Wildman–Crippen MR) is 113 cm³/mol. The zero-order valence-corrected chi connectivity index (χ0v) is 16.3. The van der Waals surface area contributed by atoms with Gasteiger partial charge < -0.3 is 4.57 Å². The topological polar surface area (TPSA) is 38.8 Å². The average molecular weight is 396 g/mol. The van der Waals surface area contributed by atoms with E-state index in [2.05, 4.69) is 33.9 Å². The molecule has 1 aliphatic carbocycles. The summed E-state index contributed by atoms with van der Waals surface area (Å²) in [6, 6.07) is 16.6. The highest BCUT2D eigenvalue weighted by Crippen LogP contribution is 2.40. The molecule has 146 valence electrons. The number of hydrogen-bond acceptors (Lipinski definition) is 2. The molecule has 0 radical (unpaired) electrons. The van der Waals surface area contributed by atoms with Crippen LogP contribution in [0.25, 0.3) is 33.6 Å². The first-order chi connectivity index (χ1) is 14.7. The zero-order valence-electron chi connectivity index (χ0n) is 16.3. The Morgan fingerprint density at radius 2 is 1.93 bits per heavy atom. The van der Waals surface area contributed by atoms with Gasteiger partial charge in [-0.2, -0.15) is 4.57 Å². The standard InChI is InChI=1S/C25H19FN3O/c26-19-9-6-17(7-10-19)25-27-12-14-28(25)15-18-8-11-21-22(24(18)30)20-5-1-3-16-4-2-13-29(21)23(16)20/h1-7,9-10,12-14,18H,8,11,15H2/q+1/t18-/m1/s1. The Labute approximate surface area is 172 Å². The van der Waals surface area contributed by atoms with Crippen molar-refractivity contribution in [3.8, 4) is 11.4 Å². The van der Waals surface area contributed by atoms with E-state index in [-0.39, 0.29) is 17.5 Å². The van der Waals surface area contributed by atoms with E-state index in [4.69, 9.17) is 0 Å². The lowest BCUT2D eigenvalue weighted by atomic mass is 9.83. The number of ketones is 1. The van der Waals surface area contributed by atoms with E-state index in [1.165, 1.54) is 12.1 Å². The van der Waals surface area contributed by atoms with Gasteiger partial charge in [-0.15, -0.1) is 0 Å². The van der Waals surface area contributed by atoms with Crippen molar-refractivity contribution in [3.63, 3.8) is 0 Å². The van der Waals surface area contributed by atoms with Crippen LogP contribution in [0.5, 0.6) is 0 Å². The highest BCUT2D eigenvalue weighted by atomic mass is 19.1. The van der Waals surface area contributed by atoms with Crippen molar-refractivity contribution in [3.05, 3.63) is 84.6 Å². The number of pyridine rings is 1. The van der Waals surface area contributed by atoms with E-state index in [1.54, 1.807) is 18.3 Å². The van der Waals surface area contributed by atoms with E-state index in [1.807, 2.05) is 22.9 Å². The fourth-order valence-electron chi connectivity index (χ4n) is 4.87. The van der Waals surface area contributed by atoms with Gasteiger partial charge in [0.25, 0.3) is 0 Å². The molecule has 1 aliphatic heterocycles. The molecule has 0 bridgehead atoms. The molecule has 0 saturated heterocycles. The second-order valence-electron chi connectivity index (χ2n) is 7.95. The monoisotopic (exact) mass is 396 g/mol. The van der Waals surface area contributed by atoms with Gasteiger partial charge in [0.2, 0.25) is 5.52 Å². The van der Waals surface area contributed by atoms with Crippen LogP contribution in [0.15, 0.2) is 73.2 Å². The zero-order chi connectivity index (χ0) is 20.2. The number of hydrogen-bond donors (Lipinski definition) is 0. The van der Waals surface area contributed by atoms with Gasteiger partial charge in [0, 0.05) is 48.3 Å². The predicted octanol–water partition coefficient (Wildman–Crippen LogP) is 4.49. The van der Waals surface area contributed by atoms with Crippen molar-refractivity contribution < 1.29 is 13.8 Å². The summed E-state index contributed by atoms with van der Waals surface area (Å²) < 4.78 is 17.5. The normalized spacial score (nSPS) is 17.6. The molecule has 0 saturated carbocycles. The van der Waals surface area contributed by atoms with E-state index in [0.717, 1.165) is 52.0 Å². The third-order valence-corrected chi connectivity index (χ3v) is 6.25. The molecule has 3 heterocycles. The first-order valence-corrected chi connectivity index (χ1v) is 10.2. The van der Waals surface area contributed by atoms with Gasteiger partial charge in [-0.3, -0.25) is 4.79 Å². The Kier molecular flexibility index (Phi) is 3.72.